The van der Waals surface area contributed by atoms with Crippen LogP contribution < -0.4 is 4.90 Å². The Bertz CT molecular complexity index is 1680. The predicted molar refractivity (Wildman–Crippen MR) is 163 cm³/mol. The number of hydrogen-bond donors (Lipinski definition) is 0. The number of hydrogen-bond acceptors (Lipinski definition) is 7. The Labute approximate surface area is 250 Å². The molecule has 4 atom stereocenters. The van der Waals surface area contributed by atoms with Crippen LogP contribution in [0.25, 0.3) is 6.08 Å². The van der Waals surface area contributed by atoms with Crippen molar-refractivity contribution in [1.29, 1.82) is 0 Å². The van der Waals surface area contributed by atoms with E-state index in [0.717, 1.165) is 52.1 Å². The molecule has 0 bridgehead atoms. The van der Waals surface area contributed by atoms with Crippen LogP contribution in [0.15, 0.2) is 99.9 Å². The van der Waals surface area contributed by atoms with Crippen molar-refractivity contribution >= 4 is 35.2 Å². The van der Waals surface area contributed by atoms with Crippen LogP contribution in [0.2, 0.25) is 0 Å². The third-order valence-electron chi connectivity index (χ3n) is 8.76. The molecule has 7 rings (SSSR count). The number of carbonyl (C=O) groups is 3. The largest absolute Gasteiger partial charge is 0.271 e. The van der Waals surface area contributed by atoms with E-state index in [2.05, 4.69) is 71.9 Å². The fourth-order valence-corrected chi connectivity index (χ4v) is 6.56. The highest BCUT2D eigenvalue weighted by Gasteiger charge is 2.55. The number of nitrogens with zero attached hydrogens (tertiary/aromatic N) is 6. The average Bonchev–Trinajstić information content (AvgIpc) is 3.68. The molecule has 1 saturated heterocycles. The first kappa shape index (κ1) is 26.9. The quantitative estimate of drug-likeness (QED) is 0.381. The van der Waals surface area contributed by atoms with Crippen molar-refractivity contribution in [1.82, 2.24) is 10.0 Å². The smallest absolute Gasteiger partial charge is 0.264 e. The van der Waals surface area contributed by atoms with E-state index in [1.165, 1.54) is 10.6 Å². The van der Waals surface area contributed by atoms with Gasteiger partial charge in [-0.15, -0.1) is 0 Å². The van der Waals surface area contributed by atoms with Gasteiger partial charge in [0.1, 0.15) is 6.54 Å². The standard InChI is InChI=1S/C34H32N6O3/c1-21-11-15-23(16-12-21)19-25-7-6-10-27-29(25)36-40(31(27)24-17-13-22(2)14-18-24)28(41)20-38-32-30(35-37-38)33(42)39(34(32)43)26-8-4-3-5-9-26/h3-5,8-9,11-19,27,30-32H,6-7,10,20H2,1-2H3/b25-19+/t27-,30+,31-,32-/m1/s1. The maximum absolute atomic E-state index is 14.1. The van der Waals surface area contributed by atoms with Gasteiger partial charge in [-0.3, -0.25) is 19.4 Å². The Balaban J connectivity index is 1.19. The predicted octanol–water partition coefficient (Wildman–Crippen LogP) is 5.42. The van der Waals surface area contributed by atoms with Gasteiger partial charge in [0.05, 0.1) is 17.4 Å². The Hall–Kier alpha value is -4.92. The molecule has 0 radical (unpaired) electrons. The third-order valence-corrected chi connectivity index (χ3v) is 8.76. The topological polar surface area (TPSA) is 98.0 Å². The molecule has 43 heavy (non-hydrogen) atoms. The minimum Gasteiger partial charge on any atom is -0.271 e. The van der Waals surface area contributed by atoms with E-state index in [4.69, 9.17) is 5.10 Å². The lowest BCUT2D eigenvalue weighted by Gasteiger charge is -2.30. The maximum Gasteiger partial charge on any atom is 0.264 e. The van der Waals surface area contributed by atoms with Gasteiger partial charge >= 0.3 is 0 Å². The number of imide groups is 1. The Morgan fingerprint density at radius 2 is 1.58 bits per heavy atom. The minimum absolute atomic E-state index is 0.0494. The van der Waals surface area contributed by atoms with Crippen molar-refractivity contribution < 1.29 is 14.4 Å². The second-order valence-electron chi connectivity index (χ2n) is 11.7. The van der Waals surface area contributed by atoms with Crippen molar-refractivity contribution in [2.24, 2.45) is 21.4 Å². The van der Waals surface area contributed by atoms with E-state index >= 15 is 0 Å². The van der Waals surface area contributed by atoms with Crippen molar-refractivity contribution in [2.75, 3.05) is 11.4 Å². The zero-order valence-corrected chi connectivity index (χ0v) is 24.1. The van der Waals surface area contributed by atoms with Crippen LogP contribution in [0.3, 0.4) is 0 Å². The number of rotatable bonds is 5. The highest BCUT2D eigenvalue weighted by Crippen LogP contribution is 2.45. The van der Waals surface area contributed by atoms with Gasteiger partial charge in [-0.1, -0.05) is 83.1 Å². The summed E-state index contributed by atoms with van der Waals surface area (Å²) in [5.41, 5.74) is 7.03. The van der Waals surface area contributed by atoms with Crippen LogP contribution in [0.4, 0.5) is 5.69 Å². The second kappa shape index (κ2) is 10.7. The van der Waals surface area contributed by atoms with Gasteiger partial charge in [-0.2, -0.15) is 10.2 Å². The van der Waals surface area contributed by atoms with E-state index in [0.29, 0.717) is 5.69 Å². The molecule has 3 aromatic rings. The molecule has 0 unspecified atom stereocenters. The fraction of sp³-hybridized carbons (Fsp3) is 0.294. The summed E-state index contributed by atoms with van der Waals surface area (Å²) in [6, 6.07) is 23.2. The third kappa shape index (κ3) is 4.74. The van der Waals surface area contributed by atoms with Gasteiger partial charge in [0.25, 0.3) is 17.7 Å². The molecule has 3 heterocycles. The fourth-order valence-electron chi connectivity index (χ4n) is 6.56. The van der Waals surface area contributed by atoms with E-state index < -0.39 is 23.9 Å². The monoisotopic (exact) mass is 572 g/mol. The Kier molecular flexibility index (Phi) is 6.72. The van der Waals surface area contributed by atoms with Crippen LogP contribution in [0, 0.1) is 19.8 Å². The SMILES string of the molecule is Cc1ccc(/C=C2\CCC[C@@H]3C2=NN(C(=O)CN2N=N[C@@H]4C(=O)N(c5ccccc5)C(=O)[C@@H]42)[C@@H]3c2ccc(C)cc2)cc1. The van der Waals surface area contributed by atoms with Crippen molar-refractivity contribution in [2.45, 2.75) is 51.2 Å². The number of benzene rings is 3. The normalized spacial score (nSPS) is 25.4. The molecule has 216 valence electrons. The summed E-state index contributed by atoms with van der Waals surface area (Å²) in [5.74, 6) is -1.11. The lowest BCUT2D eigenvalue weighted by atomic mass is 9.77. The van der Waals surface area contributed by atoms with Crippen LogP contribution in [0.1, 0.15) is 47.6 Å². The van der Waals surface area contributed by atoms with Crippen molar-refractivity contribution in [3.8, 4) is 0 Å². The molecular weight excluding hydrogens is 540 g/mol. The minimum atomic E-state index is -0.968. The molecule has 9 nitrogen and oxygen atoms in total. The van der Waals surface area contributed by atoms with Crippen LogP contribution in [-0.2, 0) is 14.4 Å². The van der Waals surface area contributed by atoms with Crippen LogP contribution in [-0.4, -0.2) is 52.1 Å². The van der Waals surface area contributed by atoms with Crippen LogP contribution >= 0.6 is 0 Å². The highest BCUT2D eigenvalue weighted by molar-refractivity contribution is 6.25. The van der Waals surface area contributed by atoms with Gasteiger partial charge in [-0.05, 0) is 68.0 Å². The number of carbonyl (C=O) groups excluding carboxylic acids is 3. The average molecular weight is 573 g/mol. The molecular formula is C34H32N6O3. The molecule has 0 N–H and O–H groups in total. The summed E-state index contributed by atoms with van der Waals surface area (Å²) in [5, 5.41) is 16.2. The van der Waals surface area contributed by atoms with E-state index in [9.17, 15) is 14.4 Å². The molecule has 2 fully saturated rings. The molecule has 0 aromatic heterocycles. The summed E-state index contributed by atoms with van der Waals surface area (Å²) in [7, 11) is 0. The van der Waals surface area contributed by atoms with E-state index in [1.807, 2.05) is 13.0 Å². The first-order valence-corrected chi connectivity index (χ1v) is 14.7. The first-order chi connectivity index (χ1) is 20.9. The summed E-state index contributed by atoms with van der Waals surface area (Å²) in [4.78, 5) is 41.8. The van der Waals surface area contributed by atoms with E-state index in [1.54, 1.807) is 29.3 Å². The number of allylic oxidation sites excluding steroid dienone is 1. The lowest BCUT2D eigenvalue weighted by molar-refractivity contribution is -0.136. The molecule has 9 heteroatoms. The number of aryl methyl sites for hydroxylation is 2. The highest BCUT2D eigenvalue weighted by atomic mass is 16.2. The zero-order valence-electron chi connectivity index (χ0n) is 24.1. The number of fused-ring (bicyclic) bond motifs is 2. The second-order valence-corrected chi connectivity index (χ2v) is 11.7. The van der Waals surface area contributed by atoms with Gasteiger partial charge in [0, 0.05) is 5.92 Å². The zero-order chi connectivity index (χ0) is 29.7. The van der Waals surface area contributed by atoms with Gasteiger partial charge in [-0.25, -0.2) is 9.91 Å². The number of para-hydroxylation sites is 1. The van der Waals surface area contributed by atoms with Gasteiger partial charge in [0.2, 0.25) is 0 Å². The molecule has 1 saturated carbocycles. The number of amides is 3. The van der Waals surface area contributed by atoms with E-state index in [-0.39, 0.29) is 24.4 Å². The summed E-state index contributed by atoms with van der Waals surface area (Å²) in [6.07, 6.45) is 4.99. The number of anilines is 1. The molecule has 3 aliphatic heterocycles. The van der Waals surface area contributed by atoms with Crippen LogP contribution in [0.5, 0.6) is 0 Å². The summed E-state index contributed by atoms with van der Waals surface area (Å²) < 4.78 is 0. The summed E-state index contributed by atoms with van der Waals surface area (Å²) in [6.45, 7) is 3.90. The van der Waals surface area contributed by atoms with Crippen molar-refractivity contribution in [3.63, 3.8) is 0 Å². The Morgan fingerprint density at radius 3 is 2.30 bits per heavy atom. The van der Waals surface area contributed by atoms with Crippen molar-refractivity contribution in [3.05, 3.63) is 107 Å². The summed E-state index contributed by atoms with van der Waals surface area (Å²) >= 11 is 0. The van der Waals surface area contributed by atoms with Gasteiger partial charge in [0.15, 0.2) is 12.1 Å². The lowest BCUT2D eigenvalue weighted by Crippen LogP contribution is -2.45. The molecule has 4 aliphatic rings. The molecule has 1 aliphatic carbocycles. The molecule has 0 spiro atoms. The van der Waals surface area contributed by atoms with Gasteiger partial charge < -0.3 is 0 Å². The Morgan fingerprint density at radius 1 is 0.884 bits per heavy atom. The molecule has 3 aromatic carbocycles. The maximum atomic E-state index is 14.1. The first-order valence-electron chi connectivity index (χ1n) is 14.7. The number of hydrazone groups is 1. The molecule has 3 amide bonds.